The Morgan fingerprint density at radius 2 is 1.94 bits per heavy atom. The van der Waals surface area contributed by atoms with Crippen molar-refractivity contribution in [3.63, 3.8) is 0 Å². The molecular weight excluding hydrogens is 212 g/mol. The molecule has 17 heavy (non-hydrogen) atoms. The van der Waals surface area contributed by atoms with Crippen LogP contribution in [0.25, 0.3) is 0 Å². The molecule has 0 spiro atoms. The molecule has 102 valence electrons. The number of hydrogen-bond acceptors (Lipinski definition) is 2. The summed E-state index contributed by atoms with van der Waals surface area (Å²) in [6.07, 6.45) is 4.81. The Morgan fingerprint density at radius 1 is 1.29 bits per heavy atom. The van der Waals surface area contributed by atoms with Crippen LogP contribution in [0.5, 0.6) is 0 Å². The van der Waals surface area contributed by atoms with Crippen molar-refractivity contribution >= 4 is 5.91 Å². The van der Waals surface area contributed by atoms with E-state index < -0.39 is 0 Å². The standard InChI is InChI=1S/C14H30N2O/c1-5-7-13(6-2)16-14(17)9-12(10-15)8-11(3)4/h11-13H,5-10,15H2,1-4H3,(H,16,17)/t12-,13?/m0/s1. The molecule has 0 aromatic rings. The van der Waals surface area contributed by atoms with Crippen LogP contribution in [0.15, 0.2) is 0 Å². The monoisotopic (exact) mass is 242 g/mol. The van der Waals surface area contributed by atoms with Crippen molar-refractivity contribution in [3.8, 4) is 0 Å². The summed E-state index contributed by atoms with van der Waals surface area (Å²) in [5.41, 5.74) is 5.71. The SMILES string of the molecule is CCCC(CC)NC(=O)C[C@@H](CN)CC(C)C. The summed E-state index contributed by atoms with van der Waals surface area (Å²) in [6, 6.07) is 0.338. The van der Waals surface area contributed by atoms with E-state index in [4.69, 9.17) is 5.73 Å². The van der Waals surface area contributed by atoms with Gasteiger partial charge in [-0.05, 0) is 37.6 Å². The molecule has 3 N–H and O–H groups in total. The normalized spacial score (nSPS) is 14.7. The quantitative estimate of drug-likeness (QED) is 0.653. The lowest BCUT2D eigenvalue weighted by atomic mass is 9.94. The van der Waals surface area contributed by atoms with Crippen molar-refractivity contribution in [3.05, 3.63) is 0 Å². The van der Waals surface area contributed by atoms with Crippen LogP contribution in [0.4, 0.5) is 0 Å². The van der Waals surface area contributed by atoms with Crippen LogP contribution in [-0.4, -0.2) is 18.5 Å². The van der Waals surface area contributed by atoms with E-state index in [1.54, 1.807) is 0 Å². The third kappa shape index (κ3) is 8.19. The van der Waals surface area contributed by atoms with Gasteiger partial charge in [0.25, 0.3) is 0 Å². The zero-order valence-electron chi connectivity index (χ0n) is 12.0. The van der Waals surface area contributed by atoms with Gasteiger partial charge in [0.1, 0.15) is 0 Å². The molecule has 0 bridgehead atoms. The maximum atomic E-state index is 11.9. The first kappa shape index (κ1) is 16.4. The first-order valence-electron chi connectivity index (χ1n) is 7.02. The second kappa shape index (κ2) is 9.46. The number of carbonyl (C=O) groups excluding carboxylic acids is 1. The molecule has 1 amide bonds. The molecule has 0 aliphatic heterocycles. The van der Waals surface area contributed by atoms with E-state index in [1.807, 2.05) is 0 Å². The maximum absolute atomic E-state index is 11.9. The first-order valence-corrected chi connectivity index (χ1v) is 7.02. The number of amides is 1. The Kier molecular flexibility index (Phi) is 9.14. The van der Waals surface area contributed by atoms with Crippen molar-refractivity contribution < 1.29 is 4.79 Å². The Bertz CT molecular complexity index is 204. The molecule has 1 unspecified atom stereocenters. The smallest absolute Gasteiger partial charge is 0.220 e. The number of nitrogens with one attached hydrogen (secondary N) is 1. The van der Waals surface area contributed by atoms with Crippen molar-refractivity contribution in [1.82, 2.24) is 5.32 Å². The Hall–Kier alpha value is -0.570. The van der Waals surface area contributed by atoms with E-state index in [0.29, 0.717) is 30.8 Å². The van der Waals surface area contributed by atoms with Gasteiger partial charge in [-0.3, -0.25) is 4.79 Å². The molecule has 0 rings (SSSR count). The molecule has 0 saturated heterocycles. The summed E-state index contributed by atoms with van der Waals surface area (Å²) >= 11 is 0. The zero-order chi connectivity index (χ0) is 13.3. The fourth-order valence-electron chi connectivity index (χ4n) is 2.21. The molecule has 0 aliphatic carbocycles. The molecule has 0 radical (unpaired) electrons. The summed E-state index contributed by atoms with van der Waals surface area (Å²) in [7, 11) is 0. The summed E-state index contributed by atoms with van der Waals surface area (Å²) in [6.45, 7) is 9.22. The van der Waals surface area contributed by atoms with Crippen molar-refractivity contribution in [1.29, 1.82) is 0 Å². The summed E-state index contributed by atoms with van der Waals surface area (Å²) in [5, 5.41) is 3.11. The van der Waals surface area contributed by atoms with Crippen LogP contribution >= 0.6 is 0 Å². The molecule has 0 aliphatic rings. The van der Waals surface area contributed by atoms with E-state index in [2.05, 4.69) is 33.0 Å². The molecule has 3 nitrogen and oxygen atoms in total. The third-order valence-electron chi connectivity index (χ3n) is 3.11. The van der Waals surface area contributed by atoms with E-state index in [-0.39, 0.29) is 5.91 Å². The van der Waals surface area contributed by atoms with Gasteiger partial charge in [-0.15, -0.1) is 0 Å². The van der Waals surface area contributed by atoms with Crippen molar-refractivity contribution in [2.75, 3.05) is 6.54 Å². The molecule has 0 aromatic carbocycles. The highest BCUT2D eigenvalue weighted by molar-refractivity contribution is 5.76. The Morgan fingerprint density at radius 3 is 2.35 bits per heavy atom. The average molecular weight is 242 g/mol. The number of rotatable bonds is 9. The van der Waals surface area contributed by atoms with Crippen LogP contribution in [0.2, 0.25) is 0 Å². The van der Waals surface area contributed by atoms with E-state index in [1.165, 1.54) is 0 Å². The predicted octanol–water partition coefficient (Wildman–Crippen LogP) is 2.69. The topological polar surface area (TPSA) is 55.1 Å². The van der Waals surface area contributed by atoms with Gasteiger partial charge in [0.2, 0.25) is 5.91 Å². The molecule has 0 heterocycles. The average Bonchev–Trinajstić information content (AvgIpc) is 2.26. The number of hydrogen-bond donors (Lipinski definition) is 2. The van der Waals surface area contributed by atoms with E-state index in [0.717, 1.165) is 25.7 Å². The molecule has 3 heteroatoms. The van der Waals surface area contributed by atoms with Gasteiger partial charge < -0.3 is 11.1 Å². The van der Waals surface area contributed by atoms with Crippen LogP contribution in [0, 0.1) is 11.8 Å². The van der Waals surface area contributed by atoms with Gasteiger partial charge in [-0.1, -0.05) is 34.1 Å². The number of nitrogens with two attached hydrogens (primary N) is 1. The zero-order valence-corrected chi connectivity index (χ0v) is 12.0. The second-order valence-corrected chi connectivity index (χ2v) is 5.40. The second-order valence-electron chi connectivity index (χ2n) is 5.40. The van der Waals surface area contributed by atoms with Crippen LogP contribution in [0.3, 0.4) is 0 Å². The third-order valence-corrected chi connectivity index (χ3v) is 3.11. The largest absolute Gasteiger partial charge is 0.353 e. The highest BCUT2D eigenvalue weighted by Gasteiger charge is 2.16. The maximum Gasteiger partial charge on any atom is 0.220 e. The fraction of sp³-hybridized carbons (Fsp3) is 0.929. The van der Waals surface area contributed by atoms with Crippen molar-refractivity contribution in [2.24, 2.45) is 17.6 Å². The summed E-state index contributed by atoms with van der Waals surface area (Å²) in [5.74, 6) is 1.10. The minimum Gasteiger partial charge on any atom is -0.353 e. The Labute approximate surface area is 107 Å². The lowest BCUT2D eigenvalue weighted by Gasteiger charge is -2.20. The molecule has 0 fully saturated rings. The van der Waals surface area contributed by atoms with Gasteiger partial charge in [0.15, 0.2) is 0 Å². The first-order chi connectivity index (χ1) is 8.03. The van der Waals surface area contributed by atoms with Gasteiger partial charge in [-0.25, -0.2) is 0 Å². The lowest BCUT2D eigenvalue weighted by molar-refractivity contribution is -0.122. The summed E-state index contributed by atoms with van der Waals surface area (Å²) < 4.78 is 0. The van der Waals surface area contributed by atoms with Crippen LogP contribution in [-0.2, 0) is 4.79 Å². The number of carbonyl (C=O) groups is 1. The van der Waals surface area contributed by atoms with Gasteiger partial charge in [-0.2, -0.15) is 0 Å². The summed E-state index contributed by atoms with van der Waals surface area (Å²) in [4.78, 5) is 11.9. The fourth-order valence-corrected chi connectivity index (χ4v) is 2.21. The van der Waals surface area contributed by atoms with Gasteiger partial charge >= 0.3 is 0 Å². The molecule has 0 saturated carbocycles. The minimum atomic E-state index is 0.168. The van der Waals surface area contributed by atoms with Crippen LogP contribution in [0.1, 0.15) is 59.8 Å². The van der Waals surface area contributed by atoms with Crippen molar-refractivity contribution in [2.45, 2.75) is 65.8 Å². The minimum absolute atomic E-state index is 0.168. The van der Waals surface area contributed by atoms with E-state index in [9.17, 15) is 4.79 Å². The molecule has 2 atom stereocenters. The lowest BCUT2D eigenvalue weighted by Crippen LogP contribution is -2.36. The van der Waals surface area contributed by atoms with Gasteiger partial charge in [0, 0.05) is 12.5 Å². The predicted molar refractivity (Wildman–Crippen MR) is 73.7 cm³/mol. The van der Waals surface area contributed by atoms with Crippen LogP contribution < -0.4 is 11.1 Å². The molecular formula is C14H30N2O. The van der Waals surface area contributed by atoms with E-state index >= 15 is 0 Å². The highest BCUT2D eigenvalue weighted by Crippen LogP contribution is 2.14. The Balaban J connectivity index is 4.04. The highest BCUT2D eigenvalue weighted by atomic mass is 16.1. The molecule has 0 aromatic heterocycles. The van der Waals surface area contributed by atoms with Gasteiger partial charge in [0.05, 0.1) is 0 Å².